The van der Waals surface area contributed by atoms with Crippen molar-refractivity contribution in [3.63, 3.8) is 0 Å². The van der Waals surface area contributed by atoms with Crippen molar-refractivity contribution in [2.75, 3.05) is 32.6 Å². The lowest BCUT2D eigenvalue weighted by atomic mass is 10.1. The summed E-state index contributed by atoms with van der Waals surface area (Å²) in [6.45, 7) is 4.78. The molecule has 0 aliphatic carbocycles. The fourth-order valence-corrected chi connectivity index (χ4v) is 3.29. The Morgan fingerprint density at radius 3 is 3.00 bits per heavy atom. The maximum Gasteiger partial charge on any atom is 0.191 e. The Bertz CT molecular complexity index is 800. The summed E-state index contributed by atoms with van der Waals surface area (Å²) in [4.78, 5) is 11.4. The monoisotopic (exact) mass is 385 g/mol. The van der Waals surface area contributed by atoms with Gasteiger partial charge in [0.1, 0.15) is 12.4 Å². The number of nitrogens with one attached hydrogen (secondary N) is 2. The zero-order valence-electron chi connectivity index (χ0n) is 17.3. The molecule has 1 aliphatic rings. The molecule has 8 nitrogen and oxygen atoms in total. The quantitative estimate of drug-likeness (QED) is 0.556. The lowest BCUT2D eigenvalue weighted by molar-refractivity contribution is 0.177. The van der Waals surface area contributed by atoms with Crippen LogP contribution in [0.5, 0.6) is 0 Å². The van der Waals surface area contributed by atoms with Crippen molar-refractivity contribution in [1.29, 1.82) is 0 Å². The summed E-state index contributed by atoms with van der Waals surface area (Å²) in [5, 5.41) is 11.4. The number of methoxy groups -OCH3 is 1. The predicted octanol–water partition coefficient (Wildman–Crippen LogP) is 1.56. The summed E-state index contributed by atoms with van der Waals surface area (Å²) < 4.78 is 7.13. The molecule has 1 aromatic heterocycles. The molecule has 8 heteroatoms. The Labute approximate surface area is 167 Å². The third-order valence-electron chi connectivity index (χ3n) is 4.71. The summed E-state index contributed by atoms with van der Waals surface area (Å²) in [5.74, 6) is 2.62. The molecule has 1 unspecified atom stereocenters. The van der Waals surface area contributed by atoms with Gasteiger partial charge in [-0.25, -0.2) is 14.7 Å². The smallest absolute Gasteiger partial charge is 0.191 e. The van der Waals surface area contributed by atoms with Crippen LogP contribution < -0.4 is 15.5 Å². The van der Waals surface area contributed by atoms with E-state index < -0.39 is 0 Å². The van der Waals surface area contributed by atoms with Gasteiger partial charge in [-0.3, -0.25) is 0 Å². The molecule has 0 saturated carbocycles. The van der Waals surface area contributed by atoms with Gasteiger partial charge in [-0.1, -0.05) is 12.1 Å². The predicted molar refractivity (Wildman–Crippen MR) is 112 cm³/mol. The summed E-state index contributed by atoms with van der Waals surface area (Å²) in [5.41, 5.74) is 2.37. The minimum Gasteiger partial charge on any atom is -0.378 e. The molecule has 0 radical (unpaired) electrons. The van der Waals surface area contributed by atoms with E-state index in [0.717, 1.165) is 43.5 Å². The highest BCUT2D eigenvalue weighted by atomic mass is 16.5. The lowest BCUT2D eigenvalue weighted by Gasteiger charge is -2.25. The van der Waals surface area contributed by atoms with Gasteiger partial charge in [-0.15, -0.1) is 0 Å². The number of anilines is 1. The van der Waals surface area contributed by atoms with Crippen molar-refractivity contribution < 1.29 is 4.74 Å². The van der Waals surface area contributed by atoms with E-state index in [9.17, 15) is 0 Å². The molecule has 0 amide bonds. The van der Waals surface area contributed by atoms with E-state index in [1.165, 1.54) is 11.3 Å². The fourth-order valence-electron chi connectivity index (χ4n) is 3.29. The minimum atomic E-state index is 0.274. The second-order valence-corrected chi connectivity index (χ2v) is 7.20. The van der Waals surface area contributed by atoms with E-state index >= 15 is 0 Å². The molecule has 0 saturated heterocycles. The molecule has 2 N–H and O–H groups in total. The standard InChI is InChI=1S/C20H31N7O/c1-5-21-20(22-12-15-7-6-8-17(11-15)26(2)3)23-16-9-10-19-24-18(14-28-4)25-27(19)13-16/h6-8,11,16H,5,9-10,12-14H2,1-4H3,(H2,21,22,23). The fraction of sp³-hybridized carbons (Fsp3) is 0.550. The number of hydrogen-bond acceptors (Lipinski definition) is 5. The molecule has 28 heavy (non-hydrogen) atoms. The van der Waals surface area contributed by atoms with Crippen molar-refractivity contribution in [2.45, 2.75) is 45.5 Å². The zero-order chi connectivity index (χ0) is 19.9. The Balaban J connectivity index is 1.64. The highest BCUT2D eigenvalue weighted by molar-refractivity contribution is 5.80. The van der Waals surface area contributed by atoms with E-state index in [2.05, 4.69) is 56.8 Å². The van der Waals surface area contributed by atoms with Crippen LogP contribution in [0.4, 0.5) is 5.69 Å². The van der Waals surface area contributed by atoms with Gasteiger partial charge in [0.25, 0.3) is 0 Å². The maximum atomic E-state index is 5.14. The lowest BCUT2D eigenvalue weighted by Crippen LogP contribution is -2.47. The number of ether oxygens (including phenoxy) is 1. The first kappa shape index (κ1) is 20.1. The highest BCUT2D eigenvalue weighted by Gasteiger charge is 2.22. The van der Waals surface area contributed by atoms with Crippen molar-refractivity contribution in [3.8, 4) is 0 Å². The first-order valence-electron chi connectivity index (χ1n) is 9.81. The number of benzene rings is 1. The molecular formula is C20H31N7O. The van der Waals surface area contributed by atoms with Gasteiger partial charge in [0.05, 0.1) is 13.1 Å². The molecular weight excluding hydrogens is 354 g/mol. The highest BCUT2D eigenvalue weighted by Crippen LogP contribution is 2.15. The minimum absolute atomic E-state index is 0.274. The summed E-state index contributed by atoms with van der Waals surface area (Å²) in [6.07, 6.45) is 1.91. The van der Waals surface area contributed by atoms with Crippen LogP contribution in [0, 0.1) is 0 Å². The Morgan fingerprint density at radius 2 is 2.25 bits per heavy atom. The van der Waals surface area contributed by atoms with E-state index in [-0.39, 0.29) is 6.04 Å². The molecule has 1 aliphatic heterocycles. The summed E-state index contributed by atoms with van der Waals surface area (Å²) in [6, 6.07) is 8.74. The molecule has 3 rings (SSSR count). The second kappa shape index (κ2) is 9.54. The van der Waals surface area contributed by atoms with Crippen LogP contribution in [0.3, 0.4) is 0 Å². The Hall–Kier alpha value is -2.61. The number of hydrogen-bond donors (Lipinski definition) is 2. The van der Waals surface area contributed by atoms with Gasteiger partial charge < -0.3 is 20.3 Å². The number of rotatable bonds is 7. The first-order chi connectivity index (χ1) is 13.6. The molecule has 0 fully saturated rings. The van der Waals surface area contributed by atoms with E-state index in [1.54, 1.807) is 7.11 Å². The second-order valence-electron chi connectivity index (χ2n) is 7.20. The average Bonchev–Trinajstić information content (AvgIpc) is 3.08. The van der Waals surface area contributed by atoms with Crippen LogP contribution in [-0.2, 0) is 30.9 Å². The van der Waals surface area contributed by atoms with Gasteiger partial charge in [0, 0.05) is 45.9 Å². The van der Waals surface area contributed by atoms with Gasteiger partial charge in [-0.2, -0.15) is 5.10 Å². The van der Waals surface area contributed by atoms with Crippen LogP contribution in [0.2, 0.25) is 0 Å². The van der Waals surface area contributed by atoms with Gasteiger partial charge >= 0.3 is 0 Å². The zero-order valence-corrected chi connectivity index (χ0v) is 17.3. The van der Waals surface area contributed by atoms with E-state index in [1.807, 2.05) is 18.8 Å². The molecule has 0 spiro atoms. The number of aryl methyl sites for hydroxylation is 1. The molecule has 2 aromatic rings. The third-order valence-corrected chi connectivity index (χ3v) is 4.71. The van der Waals surface area contributed by atoms with Crippen LogP contribution in [-0.4, -0.2) is 54.5 Å². The maximum absolute atomic E-state index is 5.14. The number of fused-ring (bicyclic) bond motifs is 1. The van der Waals surface area contributed by atoms with Gasteiger partial charge in [0.15, 0.2) is 11.8 Å². The van der Waals surface area contributed by atoms with Crippen molar-refractivity contribution in [1.82, 2.24) is 25.4 Å². The average molecular weight is 386 g/mol. The summed E-state index contributed by atoms with van der Waals surface area (Å²) in [7, 11) is 5.76. The number of nitrogens with zero attached hydrogens (tertiary/aromatic N) is 5. The van der Waals surface area contributed by atoms with Crippen LogP contribution in [0.1, 0.15) is 30.6 Å². The van der Waals surface area contributed by atoms with Crippen LogP contribution in [0.25, 0.3) is 0 Å². The van der Waals surface area contributed by atoms with Gasteiger partial charge in [-0.05, 0) is 31.0 Å². The van der Waals surface area contributed by atoms with Crippen molar-refractivity contribution in [3.05, 3.63) is 41.5 Å². The van der Waals surface area contributed by atoms with E-state index in [0.29, 0.717) is 13.2 Å². The normalized spacial score (nSPS) is 16.6. The number of guanidine groups is 1. The van der Waals surface area contributed by atoms with Gasteiger partial charge in [0.2, 0.25) is 0 Å². The Morgan fingerprint density at radius 1 is 1.39 bits per heavy atom. The SMILES string of the molecule is CCNC(=NCc1cccc(N(C)C)c1)NC1CCc2nc(COC)nn2C1. The summed E-state index contributed by atoms with van der Waals surface area (Å²) >= 11 is 0. The first-order valence-corrected chi connectivity index (χ1v) is 9.81. The third kappa shape index (κ3) is 5.22. The molecule has 152 valence electrons. The largest absolute Gasteiger partial charge is 0.378 e. The van der Waals surface area contributed by atoms with Crippen LogP contribution >= 0.6 is 0 Å². The van der Waals surface area contributed by atoms with Crippen molar-refractivity contribution >= 4 is 11.6 Å². The topological polar surface area (TPSA) is 79.6 Å². The molecule has 2 heterocycles. The Kier molecular flexibility index (Phi) is 6.86. The molecule has 0 bridgehead atoms. The van der Waals surface area contributed by atoms with Crippen LogP contribution in [0.15, 0.2) is 29.3 Å². The number of aliphatic imine (C=N–C) groups is 1. The molecule has 1 atom stereocenters. The molecule has 1 aromatic carbocycles. The van der Waals surface area contributed by atoms with Crippen molar-refractivity contribution in [2.24, 2.45) is 4.99 Å². The van der Waals surface area contributed by atoms with E-state index in [4.69, 9.17) is 9.73 Å². The number of aromatic nitrogens is 3.